The first-order chi connectivity index (χ1) is 13.9. The fraction of sp³-hybridized carbons (Fsp3) is 0.364. The van der Waals surface area contributed by atoms with Crippen LogP contribution in [-0.4, -0.2) is 27.3 Å². The first-order valence-corrected chi connectivity index (χ1v) is 9.82. The number of aromatic nitrogens is 2. The molecule has 0 aliphatic heterocycles. The van der Waals surface area contributed by atoms with E-state index in [1.165, 1.54) is 5.56 Å². The fourth-order valence-corrected chi connectivity index (χ4v) is 4.00. The van der Waals surface area contributed by atoms with Gasteiger partial charge in [-0.2, -0.15) is 5.10 Å². The Bertz CT molecular complexity index is 1030. The summed E-state index contributed by atoms with van der Waals surface area (Å²) >= 11 is 0. The number of amides is 1. The molecule has 1 fully saturated rings. The normalized spacial score (nSPS) is 19.4. The predicted octanol–water partition coefficient (Wildman–Crippen LogP) is 4.49. The molecule has 7 heteroatoms. The molecule has 0 atom stereocenters. The largest absolute Gasteiger partial charge is 0.503 e. The van der Waals surface area contributed by atoms with Gasteiger partial charge in [-0.25, -0.2) is 8.78 Å². The molecular formula is C22H23F2N3O2. The monoisotopic (exact) mass is 399 g/mol. The minimum atomic E-state index is -1.14. The van der Waals surface area contributed by atoms with Gasteiger partial charge in [0.1, 0.15) is 0 Å². The van der Waals surface area contributed by atoms with E-state index < -0.39 is 23.3 Å². The van der Waals surface area contributed by atoms with Crippen LogP contribution in [-0.2, 0) is 0 Å². The molecule has 0 bridgehead atoms. The Kier molecular flexibility index (Phi) is 5.22. The molecule has 0 spiro atoms. The smallest absolute Gasteiger partial charge is 0.251 e. The minimum Gasteiger partial charge on any atom is -0.503 e. The Morgan fingerprint density at radius 1 is 1.17 bits per heavy atom. The van der Waals surface area contributed by atoms with Crippen molar-refractivity contribution >= 4 is 16.8 Å². The summed E-state index contributed by atoms with van der Waals surface area (Å²) in [5, 5.41) is 17.7. The van der Waals surface area contributed by atoms with Gasteiger partial charge >= 0.3 is 0 Å². The molecule has 4 rings (SSSR count). The van der Waals surface area contributed by atoms with Crippen LogP contribution >= 0.6 is 0 Å². The van der Waals surface area contributed by atoms with Crippen molar-refractivity contribution in [3.63, 3.8) is 0 Å². The zero-order chi connectivity index (χ0) is 20.5. The summed E-state index contributed by atoms with van der Waals surface area (Å²) in [5.74, 6) is -3.58. The first kappa shape index (κ1) is 19.4. The molecule has 152 valence electrons. The molecule has 1 aromatic heterocycles. The van der Waals surface area contributed by atoms with Gasteiger partial charge in [0.15, 0.2) is 17.4 Å². The van der Waals surface area contributed by atoms with E-state index in [1.807, 2.05) is 6.07 Å². The number of carbonyl (C=O) groups excluding carboxylic acids is 1. The predicted molar refractivity (Wildman–Crippen MR) is 106 cm³/mol. The van der Waals surface area contributed by atoms with Crippen molar-refractivity contribution in [3.05, 3.63) is 59.3 Å². The molecule has 2 N–H and O–H groups in total. The number of carbonyl (C=O) groups is 1. The summed E-state index contributed by atoms with van der Waals surface area (Å²) in [5.41, 5.74) is 2.08. The molecule has 5 nitrogen and oxygen atoms in total. The lowest BCUT2D eigenvalue weighted by Crippen LogP contribution is -2.31. The quantitative estimate of drug-likeness (QED) is 0.679. The van der Waals surface area contributed by atoms with E-state index in [0.717, 1.165) is 48.7 Å². The van der Waals surface area contributed by atoms with E-state index in [0.29, 0.717) is 18.5 Å². The Labute approximate surface area is 167 Å². The zero-order valence-corrected chi connectivity index (χ0v) is 16.2. The van der Waals surface area contributed by atoms with Gasteiger partial charge in [0.2, 0.25) is 0 Å². The van der Waals surface area contributed by atoms with Gasteiger partial charge in [-0.1, -0.05) is 11.6 Å². The average Bonchev–Trinajstić information content (AvgIpc) is 3.13. The van der Waals surface area contributed by atoms with Crippen molar-refractivity contribution in [2.75, 3.05) is 6.54 Å². The maximum absolute atomic E-state index is 13.4. The molecule has 1 aliphatic carbocycles. The van der Waals surface area contributed by atoms with Gasteiger partial charge in [0.25, 0.3) is 5.91 Å². The second kappa shape index (κ2) is 7.81. The Morgan fingerprint density at radius 3 is 2.55 bits per heavy atom. The topological polar surface area (TPSA) is 67.2 Å². The van der Waals surface area contributed by atoms with Crippen LogP contribution in [0, 0.1) is 24.5 Å². The number of nitrogens with one attached hydrogen (secondary N) is 1. The number of phenols is 1. The lowest BCUT2D eigenvalue weighted by Gasteiger charge is -2.28. The van der Waals surface area contributed by atoms with Crippen LogP contribution in [0.5, 0.6) is 5.75 Å². The van der Waals surface area contributed by atoms with Gasteiger partial charge in [0.05, 0.1) is 11.6 Å². The van der Waals surface area contributed by atoms with Crippen molar-refractivity contribution in [1.29, 1.82) is 0 Å². The Hall–Kier alpha value is -2.96. The van der Waals surface area contributed by atoms with Crippen molar-refractivity contribution in [3.8, 4) is 5.75 Å². The van der Waals surface area contributed by atoms with E-state index in [-0.39, 0.29) is 5.56 Å². The Morgan fingerprint density at radius 2 is 1.86 bits per heavy atom. The summed E-state index contributed by atoms with van der Waals surface area (Å²) in [6, 6.07) is 8.26. The highest BCUT2D eigenvalue weighted by atomic mass is 19.1. The van der Waals surface area contributed by atoms with Crippen LogP contribution in [0.2, 0.25) is 0 Å². The number of hydrogen-bond donors (Lipinski definition) is 2. The summed E-state index contributed by atoms with van der Waals surface area (Å²) in [7, 11) is 0. The number of phenolic OH excluding ortho intramolecular Hbond substituents is 1. The van der Waals surface area contributed by atoms with Crippen LogP contribution in [0.3, 0.4) is 0 Å². The van der Waals surface area contributed by atoms with E-state index in [2.05, 4.69) is 35.3 Å². The molecule has 1 amide bonds. The molecule has 3 aromatic rings. The SMILES string of the molecule is Cc1ccc2nn(C3CCC(CNC(=O)c4cc(F)c(O)c(F)c4)CC3)cc2c1. The van der Waals surface area contributed by atoms with Crippen molar-refractivity contribution in [2.24, 2.45) is 5.92 Å². The van der Waals surface area contributed by atoms with Gasteiger partial charge in [-0.15, -0.1) is 0 Å². The molecular weight excluding hydrogens is 376 g/mol. The number of benzene rings is 2. The van der Waals surface area contributed by atoms with Gasteiger partial charge in [-0.05, 0) is 62.8 Å². The van der Waals surface area contributed by atoms with E-state index in [4.69, 9.17) is 10.2 Å². The second-order valence-corrected chi connectivity index (χ2v) is 7.84. The van der Waals surface area contributed by atoms with E-state index >= 15 is 0 Å². The maximum atomic E-state index is 13.4. The fourth-order valence-electron chi connectivity index (χ4n) is 4.00. The molecule has 0 unspecified atom stereocenters. The summed E-state index contributed by atoms with van der Waals surface area (Å²) in [6.07, 6.45) is 5.92. The number of aromatic hydroxyl groups is 1. The number of aryl methyl sites for hydroxylation is 1. The van der Waals surface area contributed by atoms with Gasteiger partial charge in [0, 0.05) is 23.7 Å². The molecule has 29 heavy (non-hydrogen) atoms. The number of halogens is 2. The summed E-state index contributed by atoms with van der Waals surface area (Å²) in [6.45, 7) is 2.52. The lowest BCUT2D eigenvalue weighted by molar-refractivity contribution is 0.0940. The molecule has 0 radical (unpaired) electrons. The number of hydrogen-bond acceptors (Lipinski definition) is 3. The van der Waals surface area contributed by atoms with E-state index in [1.54, 1.807) is 0 Å². The number of fused-ring (bicyclic) bond motifs is 1. The zero-order valence-electron chi connectivity index (χ0n) is 16.2. The second-order valence-electron chi connectivity index (χ2n) is 7.84. The molecule has 1 saturated carbocycles. The lowest BCUT2D eigenvalue weighted by atomic mass is 9.86. The van der Waals surface area contributed by atoms with Gasteiger partial charge in [-0.3, -0.25) is 9.48 Å². The van der Waals surface area contributed by atoms with Crippen LogP contribution in [0.25, 0.3) is 10.9 Å². The number of nitrogens with zero attached hydrogens (tertiary/aromatic N) is 2. The van der Waals surface area contributed by atoms with Crippen molar-refractivity contribution < 1.29 is 18.7 Å². The third-order valence-electron chi connectivity index (χ3n) is 5.70. The van der Waals surface area contributed by atoms with Crippen LogP contribution in [0.4, 0.5) is 8.78 Å². The highest BCUT2D eigenvalue weighted by Crippen LogP contribution is 2.32. The van der Waals surface area contributed by atoms with Gasteiger partial charge < -0.3 is 10.4 Å². The number of rotatable bonds is 4. The minimum absolute atomic E-state index is 0.134. The highest BCUT2D eigenvalue weighted by Gasteiger charge is 2.24. The van der Waals surface area contributed by atoms with Crippen molar-refractivity contribution in [2.45, 2.75) is 38.6 Å². The van der Waals surface area contributed by atoms with Crippen LogP contribution in [0.1, 0.15) is 47.6 Å². The van der Waals surface area contributed by atoms with Crippen LogP contribution < -0.4 is 5.32 Å². The molecule has 2 aromatic carbocycles. The highest BCUT2D eigenvalue weighted by molar-refractivity contribution is 5.94. The Balaban J connectivity index is 1.32. The summed E-state index contributed by atoms with van der Waals surface area (Å²) < 4.78 is 28.9. The molecule has 1 heterocycles. The van der Waals surface area contributed by atoms with Crippen LogP contribution in [0.15, 0.2) is 36.5 Å². The molecule has 1 aliphatic rings. The van der Waals surface area contributed by atoms with Crippen molar-refractivity contribution in [1.82, 2.24) is 15.1 Å². The standard InChI is InChI=1S/C22H23F2N3O2/c1-13-2-7-20-16(8-13)12-27(26-20)17-5-3-14(4-6-17)11-25-22(29)15-9-18(23)21(28)19(24)10-15/h2,7-10,12,14,17,28H,3-6,11H2,1H3,(H,25,29). The molecule has 0 saturated heterocycles. The maximum Gasteiger partial charge on any atom is 0.251 e. The average molecular weight is 399 g/mol. The summed E-state index contributed by atoms with van der Waals surface area (Å²) in [4.78, 5) is 12.2. The van der Waals surface area contributed by atoms with E-state index in [9.17, 15) is 13.6 Å². The third kappa shape index (κ3) is 4.09. The third-order valence-corrected chi connectivity index (χ3v) is 5.70. The first-order valence-electron chi connectivity index (χ1n) is 9.82.